The molecule has 0 spiro atoms. The van der Waals surface area contributed by atoms with E-state index < -0.39 is 9.84 Å². The van der Waals surface area contributed by atoms with Gasteiger partial charge in [0.15, 0.2) is 0 Å². The summed E-state index contributed by atoms with van der Waals surface area (Å²) in [6.07, 6.45) is 3.79. The van der Waals surface area contributed by atoms with Gasteiger partial charge in [0.05, 0.1) is 5.75 Å². The summed E-state index contributed by atoms with van der Waals surface area (Å²) in [5.74, 6) is 0.179. The minimum absolute atomic E-state index is 0.0309. The highest BCUT2D eigenvalue weighted by Crippen LogP contribution is 2.24. The van der Waals surface area contributed by atoms with Crippen molar-refractivity contribution in [1.29, 1.82) is 0 Å². The van der Waals surface area contributed by atoms with Crippen molar-refractivity contribution in [1.82, 2.24) is 5.32 Å². The van der Waals surface area contributed by atoms with E-state index in [-0.39, 0.29) is 11.8 Å². The average molecular weight is 296 g/mol. The van der Waals surface area contributed by atoms with Crippen LogP contribution in [-0.2, 0) is 16.4 Å². The average Bonchev–Trinajstić information content (AvgIpc) is 2.88. The SMILES string of the molecule is CC(CS(C)(=O)=O)NCc1ccccc1N1CCCC1. The Labute approximate surface area is 122 Å². The van der Waals surface area contributed by atoms with Gasteiger partial charge in [-0.05, 0) is 31.4 Å². The third-order valence-electron chi connectivity index (χ3n) is 3.63. The van der Waals surface area contributed by atoms with Gasteiger partial charge in [-0.2, -0.15) is 0 Å². The van der Waals surface area contributed by atoms with E-state index in [1.807, 2.05) is 13.0 Å². The number of rotatable bonds is 6. The molecular weight excluding hydrogens is 272 g/mol. The summed E-state index contributed by atoms with van der Waals surface area (Å²) in [6, 6.07) is 8.35. The van der Waals surface area contributed by atoms with Gasteiger partial charge in [0.2, 0.25) is 0 Å². The molecule has 0 radical (unpaired) electrons. The van der Waals surface area contributed by atoms with Gasteiger partial charge in [-0.25, -0.2) is 8.42 Å². The van der Waals surface area contributed by atoms with E-state index >= 15 is 0 Å². The zero-order valence-electron chi connectivity index (χ0n) is 12.3. The number of sulfone groups is 1. The quantitative estimate of drug-likeness (QED) is 0.870. The van der Waals surface area contributed by atoms with E-state index in [0.717, 1.165) is 13.1 Å². The number of nitrogens with one attached hydrogen (secondary N) is 1. The molecule has 1 saturated heterocycles. The van der Waals surface area contributed by atoms with E-state index in [4.69, 9.17) is 0 Å². The highest BCUT2D eigenvalue weighted by Gasteiger charge is 2.16. The standard InChI is InChI=1S/C15H24N2O2S/c1-13(12-20(2,18)19)16-11-14-7-3-4-8-15(14)17-9-5-6-10-17/h3-4,7-8,13,16H,5-6,9-12H2,1-2H3. The second-order valence-corrected chi connectivity index (χ2v) is 7.88. The Morgan fingerprint density at radius 1 is 1.25 bits per heavy atom. The van der Waals surface area contributed by atoms with Crippen LogP contribution in [0.4, 0.5) is 5.69 Å². The number of anilines is 1. The topological polar surface area (TPSA) is 49.4 Å². The van der Waals surface area contributed by atoms with E-state index in [1.54, 1.807) is 0 Å². The van der Waals surface area contributed by atoms with Crippen molar-refractivity contribution < 1.29 is 8.42 Å². The largest absolute Gasteiger partial charge is 0.371 e. The molecule has 5 heteroatoms. The Morgan fingerprint density at radius 3 is 2.55 bits per heavy atom. The van der Waals surface area contributed by atoms with Gasteiger partial charge in [0.1, 0.15) is 9.84 Å². The van der Waals surface area contributed by atoms with Crippen molar-refractivity contribution in [3.05, 3.63) is 29.8 Å². The first kappa shape index (κ1) is 15.3. The third-order valence-corrected chi connectivity index (χ3v) is 4.74. The number of hydrogen-bond acceptors (Lipinski definition) is 4. The summed E-state index contributed by atoms with van der Waals surface area (Å²) in [5, 5.41) is 3.31. The second-order valence-electron chi connectivity index (χ2n) is 5.70. The molecule has 0 saturated carbocycles. The Balaban J connectivity index is 1.99. The molecule has 112 valence electrons. The lowest BCUT2D eigenvalue weighted by atomic mass is 10.1. The summed E-state index contributed by atoms with van der Waals surface area (Å²) in [4.78, 5) is 2.41. The van der Waals surface area contributed by atoms with Crippen LogP contribution in [0.5, 0.6) is 0 Å². The number of hydrogen-bond donors (Lipinski definition) is 1. The van der Waals surface area contributed by atoms with Gasteiger partial charge >= 0.3 is 0 Å². The smallest absolute Gasteiger partial charge is 0.148 e. The summed E-state index contributed by atoms with van der Waals surface area (Å²) >= 11 is 0. The molecule has 1 aromatic carbocycles. The molecule has 20 heavy (non-hydrogen) atoms. The highest BCUT2D eigenvalue weighted by molar-refractivity contribution is 7.90. The van der Waals surface area contributed by atoms with E-state index in [0.29, 0.717) is 6.54 Å². The molecule has 1 N–H and O–H groups in total. The fourth-order valence-electron chi connectivity index (χ4n) is 2.72. The van der Waals surface area contributed by atoms with Crippen molar-refractivity contribution in [2.45, 2.75) is 32.4 Å². The summed E-state index contributed by atoms with van der Waals surface area (Å²) in [5.41, 5.74) is 2.53. The molecule has 0 amide bonds. The number of nitrogens with zero attached hydrogens (tertiary/aromatic N) is 1. The first-order valence-corrected chi connectivity index (χ1v) is 9.26. The first-order valence-electron chi connectivity index (χ1n) is 7.20. The summed E-state index contributed by atoms with van der Waals surface area (Å²) < 4.78 is 22.6. The predicted octanol–water partition coefficient (Wildman–Crippen LogP) is 1.81. The molecule has 1 fully saturated rings. The maximum Gasteiger partial charge on any atom is 0.148 e. The van der Waals surface area contributed by atoms with Crippen LogP contribution in [0.15, 0.2) is 24.3 Å². The molecule has 0 aromatic heterocycles. The molecule has 1 heterocycles. The Morgan fingerprint density at radius 2 is 1.90 bits per heavy atom. The lowest BCUT2D eigenvalue weighted by Gasteiger charge is -2.22. The van der Waals surface area contributed by atoms with Gasteiger partial charge in [-0.15, -0.1) is 0 Å². The predicted molar refractivity (Wildman–Crippen MR) is 83.9 cm³/mol. The van der Waals surface area contributed by atoms with Crippen molar-refractivity contribution >= 4 is 15.5 Å². The minimum Gasteiger partial charge on any atom is -0.371 e. The second kappa shape index (κ2) is 6.59. The van der Waals surface area contributed by atoms with E-state index in [9.17, 15) is 8.42 Å². The third kappa shape index (κ3) is 4.49. The van der Waals surface area contributed by atoms with Crippen LogP contribution in [-0.4, -0.2) is 39.6 Å². The molecule has 0 aliphatic carbocycles. The molecule has 1 aliphatic heterocycles. The van der Waals surface area contributed by atoms with Gasteiger partial charge < -0.3 is 10.2 Å². The van der Waals surface area contributed by atoms with E-state index in [1.165, 1.54) is 30.3 Å². The van der Waals surface area contributed by atoms with Crippen molar-refractivity contribution in [3.8, 4) is 0 Å². The highest BCUT2D eigenvalue weighted by atomic mass is 32.2. The summed E-state index contributed by atoms with van der Waals surface area (Å²) in [7, 11) is -2.93. The zero-order chi connectivity index (χ0) is 14.6. The maximum absolute atomic E-state index is 11.3. The number of para-hydroxylation sites is 1. The van der Waals surface area contributed by atoms with Crippen molar-refractivity contribution in [2.24, 2.45) is 0 Å². The lowest BCUT2D eigenvalue weighted by Crippen LogP contribution is -2.32. The maximum atomic E-state index is 11.3. The van der Waals surface area contributed by atoms with Crippen LogP contribution >= 0.6 is 0 Å². The Bertz CT molecular complexity index is 537. The molecule has 4 nitrogen and oxygen atoms in total. The van der Waals surface area contributed by atoms with Crippen LogP contribution in [0.2, 0.25) is 0 Å². The van der Waals surface area contributed by atoms with Crippen molar-refractivity contribution in [2.75, 3.05) is 30.0 Å². The molecule has 1 atom stereocenters. The zero-order valence-corrected chi connectivity index (χ0v) is 13.1. The Hall–Kier alpha value is -1.07. The fraction of sp³-hybridized carbons (Fsp3) is 0.600. The van der Waals surface area contributed by atoms with Gasteiger partial charge in [0.25, 0.3) is 0 Å². The Kier molecular flexibility index (Phi) is 5.05. The molecule has 0 bridgehead atoms. The molecule has 1 aromatic rings. The monoisotopic (exact) mass is 296 g/mol. The van der Waals surface area contributed by atoms with E-state index in [2.05, 4.69) is 28.4 Å². The van der Waals surface area contributed by atoms with Crippen LogP contribution in [0.1, 0.15) is 25.3 Å². The van der Waals surface area contributed by atoms with Crippen LogP contribution < -0.4 is 10.2 Å². The minimum atomic E-state index is -2.93. The van der Waals surface area contributed by atoms with Gasteiger partial charge in [-0.3, -0.25) is 0 Å². The molecule has 1 unspecified atom stereocenters. The van der Waals surface area contributed by atoms with Gasteiger partial charge in [-0.1, -0.05) is 18.2 Å². The number of benzene rings is 1. The fourth-order valence-corrected chi connectivity index (χ4v) is 3.75. The lowest BCUT2D eigenvalue weighted by molar-refractivity contribution is 0.560. The summed E-state index contributed by atoms with van der Waals surface area (Å²) in [6.45, 7) is 4.87. The van der Waals surface area contributed by atoms with Crippen LogP contribution in [0, 0.1) is 0 Å². The molecule has 2 rings (SSSR count). The molecule has 1 aliphatic rings. The van der Waals surface area contributed by atoms with Crippen LogP contribution in [0.25, 0.3) is 0 Å². The normalized spacial score (nSPS) is 17.4. The molecular formula is C15H24N2O2S. The van der Waals surface area contributed by atoms with Crippen molar-refractivity contribution in [3.63, 3.8) is 0 Å². The van der Waals surface area contributed by atoms with Crippen LogP contribution in [0.3, 0.4) is 0 Å². The first-order chi connectivity index (χ1) is 9.46. The van der Waals surface area contributed by atoms with Gasteiger partial charge in [0, 0.05) is 37.6 Å².